The lowest BCUT2D eigenvalue weighted by molar-refractivity contribution is -0.380. The van der Waals surface area contributed by atoms with Crippen LogP contribution in [0.5, 0.6) is 0 Å². The largest absolute Gasteiger partial charge is 0.448 e. The Hall–Kier alpha value is -2.45. The minimum absolute atomic E-state index is 0.0501. The van der Waals surface area contributed by atoms with Crippen molar-refractivity contribution in [2.75, 3.05) is 5.32 Å². The van der Waals surface area contributed by atoms with Crippen molar-refractivity contribution in [1.29, 1.82) is 0 Å². The molecule has 0 saturated carbocycles. The first kappa shape index (κ1) is 16.9. The van der Waals surface area contributed by atoms with E-state index in [0.717, 1.165) is 0 Å². The first-order valence-electron chi connectivity index (χ1n) is 6.39. The van der Waals surface area contributed by atoms with Gasteiger partial charge in [-0.2, -0.15) is 0 Å². The molecule has 0 aliphatic heterocycles. The number of amides is 1. The molecule has 7 nitrogen and oxygen atoms in total. The monoisotopic (exact) mass is 354 g/mol. The van der Waals surface area contributed by atoms with Crippen LogP contribution in [-0.2, 0) is 9.53 Å². The molecule has 0 fully saturated rings. The van der Waals surface area contributed by atoms with E-state index in [4.69, 9.17) is 16.3 Å². The predicted molar refractivity (Wildman–Crippen MR) is 85.9 cm³/mol. The zero-order valence-corrected chi connectivity index (χ0v) is 13.4. The van der Waals surface area contributed by atoms with Crippen LogP contribution in [0.15, 0.2) is 36.4 Å². The van der Waals surface area contributed by atoms with Crippen LogP contribution in [0.3, 0.4) is 0 Å². The zero-order chi connectivity index (χ0) is 17.0. The molecule has 0 aliphatic rings. The molecule has 0 saturated heterocycles. The maximum atomic E-state index is 12.0. The van der Waals surface area contributed by atoms with Crippen molar-refractivity contribution in [3.63, 3.8) is 0 Å². The smallest absolute Gasteiger partial charge is 0.349 e. The second kappa shape index (κ2) is 7.21. The highest BCUT2D eigenvalue weighted by molar-refractivity contribution is 7.17. The number of thiophene rings is 1. The lowest BCUT2D eigenvalue weighted by Gasteiger charge is -2.13. The molecule has 120 valence electrons. The number of benzene rings is 1. The summed E-state index contributed by atoms with van der Waals surface area (Å²) < 4.78 is 5.00. The fourth-order valence-electron chi connectivity index (χ4n) is 1.60. The molecule has 2 rings (SSSR count). The number of halogens is 1. The number of nitrogens with zero attached hydrogens (tertiary/aromatic N) is 1. The van der Waals surface area contributed by atoms with Crippen molar-refractivity contribution in [2.24, 2.45) is 0 Å². The third-order valence-electron chi connectivity index (χ3n) is 2.76. The summed E-state index contributed by atoms with van der Waals surface area (Å²) in [6, 6.07) is 9.11. The van der Waals surface area contributed by atoms with E-state index < -0.39 is 22.9 Å². The van der Waals surface area contributed by atoms with Gasteiger partial charge < -0.3 is 10.1 Å². The number of carbonyl (C=O) groups excluding carboxylic acids is 2. The van der Waals surface area contributed by atoms with Crippen molar-refractivity contribution >= 4 is 45.5 Å². The van der Waals surface area contributed by atoms with Gasteiger partial charge in [-0.25, -0.2) is 4.79 Å². The lowest BCUT2D eigenvalue weighted by Crippen LogP contribution is -2.29. The van der Waals surface area contributed by atoms with Crippen molar-refractivity contribution < 1.29 is 19.2 Å². The van der Waals surface area contributed by atoms with E-state index in [-0.39, 0.29) is 9.88 Å². The zero-order valence-electron chi connectivity index (χ0n) is 11.8. The van der Waals surface area contributed by atoms with Crippen LogP contribution in [0.4, 0.5) is 10.7 Å². The standard InChI is InChI=1S/C14H11ClN2O5S/c1-8(13(18)16-10-5-3-2-4-9(10)15)22-14(19)11-6-7-12(23-11)17(20)21/h2-8H,1H3,(H,16,18). The average molecular weight is 355 g/mol. The van der Waals surface area contributed by atoms with E-state index in [0.29, 0.717) is 22.0 Å². The maximum absolute atomic E-state index is 12.0. The molecule has 1 heterocycles. The molecular formula is C14H11ClN2O5S. The number of nitro groups is 1. The lowest BCUT2D eigenvalue weighted by atomic mass is 10.3. The molecule has 23 heavy (non-hydrogen) atoms. The predicted octanol–water partition coefficient (Wildman–Crippen LogP) is 3.49. The Balaban J connectivity index is 1.98. The highest BCUT2D eigenvalue weighted by Gasteiger charge is 2.22. The molecule has 1 N–H and O–H groups in total. The van der Waals surface area contributed by atoms with E-state index in [1.807, 2.05) is 0 Å². The van der Waals surface area contributed by atoms with Crippen LogP contribution in [0.1, 0.15) is 16.6 Å². The number of hydrogen-bond acceptors (Lipinski definition) is 6. The van der Waals surface area contributed by atoms with Crippen molar-refractivity contribution in [2.45, 2.75) is 13.0 Å². The molecule has 1 aromatic carbocycles. The van der Waals surface area contributed by atoms with Crippen molar-refractivity contribution in [1.82, 2.24) is 0 Å². The Morgan fingerprint density at radius 3 is 2.61 bits per heavy atom. The van der Waals surface area contributed by atoms with Gasteiger partial charge in [0.2, 0.25) is 0 Å². The maximum Gasteiger partial charge on any atom is 0.349 e. The Morgan fingerprint density at radius 2 is 2.00 bits per heavy atom. The summed E-state index contributed by atoms with van der Waals surface area (Å²) in [7, 11) is 0. The van der Waals surface area contributed by atoms with Gasteiger partial charge in [0.15, 0.2) is 6.10 Å². The molecule has 0 bridgehead atoms. The molecule has 0 spiro atoms. The number of carbonyl (C=O) groups is 2. The molecule has 1 atom stereocenters. The van der Waals surface area contributed by atoms with Crippen molar-refractivity contribution in [3.8, 4) is 0 Å². The minimum atomic E-state index is -1.08. The molecule has 9 heteroatoms. The third kappa shape index (κ3) is 4.27. The van der Waals surface area contributed by atoms with E-state index in [2.05, 4.69) is 5.32 Å². The molecule has 0 radical (unpaired) electrons. The van der Waals surface area contributed by atoms with Crippen molar-refractivity contribution in [3.05, 3.63) is 56.4 Å². The summed E-state index contributed by atoms with van der Waals surface area (Å²) in [4.78, 5) is 33.9. The van der Waals surface area contributed by atoms with E-state index in [1.54, 1.807) is 24.3 Å². The summed E-state index contributed by atoms with van der Waals surface area (Å²) >= 11 is 6.61. The van der Waals surface area contributed by atoms with Crippen LogP contribution in [0, 0.1) is 10.1 Å². The Kier molecular flexibility index (Phi) is 5.30. The van der Waals surface area contributed by atoms with Crippen LogP contribution >= 0.6 is 22.9 Å². The first-order valence-corrected chi connectivity index (χ1v) is 7.58. The van der Waals surface area contributed by atoms with Crippen LogP contribution in [0.2, 0.25) is 5.02 Å². The number of ether oxygens (including phenoxy) is 1. The van der Waals surface area contributed by atoms with Crippen LogP contribution in [-0.4, -0.2) is 22.9 Å². The van der Waals surface area contributed by atoms with Gasteiger partial charge in [-0.15, -0.1) is 0 Å². The fraction of sp³-hybridized carbons (Fsp3) is 0.143. The second-order valence-electron chi connectivity index (χ2n) is 4.41. The van der Waals surface area contributed by atoms with E-state index in [9.17, 15) is 19.7 Å². The highest BCUT2D eigenvalue weighted by Crippen LogP contribution is 2.25. The topological polar surface area (TPSA) is 98.5 Å². The van der Waals surface area contributed by atoms with Crippen LogP contribution < -0.4 is 5.32 Å². The highest BCUT2D eigenvalue weighted by atomic mass is 35.5. The second-order valence-corrected chi connectivity index (χ2v) is 5.88. The molecule has 2 aromatic rings. The van der Waals surface area contributed by atoms with E-state index in [1.165, 1.54) is 19.1 Å². The average Bonchev–Trinajstić information content (AvgIpc) is 2.99. The molecular weight excluding hydrogens is 344 g/mol. The fourth-order valence-corrected chi connectivity index (χ4v) is 2.49. The summed E-state index contributed by atoms with van der Waals surface area (Å²) in [6.45, 7) is 1.39. The third-order valence-corrected chi connectivity index (χ3v) is 4.10. The SMILES string of the molecule is CC(OC(=O)c1ccc([N+](=O)[O-])s1)C(=O)Nc1ccccc1Cl. The van der Waals surface area contributed by atoms with Gasteiger partial charge in [-0.3, -0.25) is 14.9 Å². The molecule has 1 unspecified atom stereocenters. The van der Waals surface area contributed by atoms with E-state index >= 15 is 0 Å². The number of para-hydroxylation sites is 1. The summed E-state index contributed by atoms with van der Waals surface area (Å²) in [6.07, 6.45) is -1.08. The number of nitrogens with one attached hydrogen (secondary N) is 1. The quantitative estimate of drug-likeness (QED) is 0.503. The van der Waals surface area contributed by atoms with Gasteiger partial charge >= 0.3 is 11.0 Å². The molecule has 1 amide bonds. The number of esters is 1. The first-order chi connectivity index (χ1) is 10.9. The Labute approximate surface area is 140 Å². The van der Waals surface area contributed by atoms with Gasteiger partial charge in [0.1, 0.15) is 4.88 Å². The van der Waals surface area contributed by atoms with Gasteiger partial charge in [0.25, 0.3) is 5.91 Å². The van der Waals surface area contributed by atoms with Gasteiger partial charge in [-0.1, -0.05) is 35.1 Å². The van der Waals surface area contributed by atoms with Gasteiger partial charge in [0.05, 0.1) is 15.6 Å². The summed E-state index contributed by atoms with van der Waals surface area (Å²) in [5.74, 6) is -1.36. The summed E-state index contributed by atoms with van der Waals surface area (Å²) in [5, 5.41) is 13.3. The van der Waals surface area contributed by atoms with Gasteiger partial charge in [0, 0.05) is 6.07 Å². The van der Waals surface area contributed by atoms with Gasteiger partial charge in [-0.05, 0) is 25.1 Å². The normalized spacial score (nSPS) is 11.6. The molecule has 0 aliphatic carbocycles. The number of rotatable bonds is 5. The Morgan fingerprint density at radius 1 is 1.30 bits per heavy atom. The number of hydrogen-bond donors (Lipinski definition) is 1. The van der Waals surface area contributed by atoms with Crippen LogP contribution in [0.25, 0.3) is 0 Å². The molecule has 1 aromatic heterocycles. The Bertz CT molecular complexity index is 761. The number of anilines is 1. The minimum Gasteiger partial charge on any atom is -0.448 e. The summed E-state index contributed by atoms with van der Waals surface area (Å²) in [5.41, 5.74) is 0.397.